The Kier molecular flexibility index (Phi) is 4.17. The average Bonchev–Trinajstić information content (AvgIpc) is 3.10. The largest absolute Gasteiger partial charge is 0.477 e. The molecule has 7 nitrogen and oxygen atoms in total. The van der Waals surface area contributed by atoms with E-state index in [0.717, 1.165) is 18.9 Å². The van der Waals surface area contributed by atoms with Crippen molar-refractivity contribution < 1.29 is 18.3 Å². The number of carboxylic acid groups (broad SMARTS) is 1. The summed E-state index contributed by atoms with van der Waals surface area (Å²) in [6.45, 7) is 2.25. The van der Waals surface area contributed by atoms with Crippen molar-refractivity contribution in [3.63, 3.8) is 0 Å². The van der Waals surface area contributed by atoms with Gasteiger partial charge in [-0.25, -0.2) is 17.9 Å². The van der Waals surface area contributed by atoms with Gasteiger partial charge in [0.05, 0.1) is 0 Å². The molecule has 20 heavy (non-hydrogen) atoms. The van der Waals surface area contributed by atoms with Gasteiger partial charge in [0.1, 0.15) is 10.6 Å². The van der Waals surface area contributed by atoms with Gasteiger partial charge in [-0.2, -0.15) is 0 Å². The third kappa shape index (κ3) is 3.38. The molecule has 0 saturated heterocycles. The number of rotatable bonds is 7. The molecule has 1 aromatic heterocycles. The highest BCUT2D eigenvalue weighted by Crippen LogP contribution is 2.26. The minimum Gasteiger partial charge on any atom is -0.477 e. The second-order valence-electron chi connectivity index (χ2n) is 5.15. The Bertz CT molecular complexity index is 592. The molecule has 1 aliphatic rings. The van der Waals surface area contributed by atoms with Crippen molar-refractivity contribution >= 4 is 16.0 Å². The Morgan fingerprint density at radius 3 is 2.75 bits per heavy atom. The highest BCUT2D eigenvalue weighted by atomic mass is 32.2. The van der Waals surface area contributed by atoms with Crippen LogP contribution in [0.15, 0.2) is 17.2 Å². The fourth-order valence-corrected chi connectivity index (χ4v) is 3.07. The monoisotopic (exact) mass is 301 g/mol. The molecule has 1 atom stereocenters. The summed E-state index contributed by atoms with van der Waals surface area (Å²) in [6, 6.07) is 1.76. The maximum Gasteiger partial charge on any atom is 0.352 e. The molecule has 1 fully saturated rings. The van der Waals surface area contributed by atoms with Crippen LogP contribution >= 0.6 is 0 Å². The standard InChI is InChI=1S/C12H19N3O4S/c1-8(15(2)9-3-4-9)6-14-20(18,19)10-5-11(12(16)17)13-7-10/h5,7-9,13-14H,3-4,6H2,1-2H3,(H,16,17). The molecule has 8 heteroatoms. The Labute approximate surface area is 118 Å². The van der Waals surface area contributed by atoms with Gasteiger partial charge in [0.2, 0.25) is 10.0 Å². The van der Waals surface area contributed by atoms with Crippen LogP contribution < -0.4 is 4.72 Å². The number of sulfonamides is 1. The fourth-order valence-electron chi connectivity index (χ4n) is 1.95. The quantitative estimate of drug-likeness (QED) is 0.679. The molecule has 2 rings (SSSR count). The number of carbonyl (C=O) groups is 1. The zero-order valence-corrected chi connectivity index (χ0v) is 12.3. The van der Waals surface area contributed by atoms with Crippen LogP contribution in [-0.4, -0.2) is 55.1 Å². The summed E-state index contributed by atoms with van der Waals surface area (Å²) < 4.78 is 26.6. The summed E-state index contributed by atoms with van der Waals surface area (Å²) in [7, 11) is -1.70. The van der Waals surface area contributed by atoms with Crippen molar-refractivity contribution in [2.45, 2.75) is 36.7 Å². The van der Waals surface area contributed by atoms with Gasteiger partial charge in [-0.3, -0.25) is 4.90 Å². The van der Waals surface area contributed by atoms with Gasteiger partial charge < -0.3 is 10.1 Å². The van der Waals surface area contributed by atoms with Gasteiger partial charge in [0.15, 0.2) is 0 Å². The van der Waals surface area contributed by atoms with Crippen LogP contribution in [0.2, 0.25) is 0 Å². The smallest absolute Gasteiger partial charge is 0.352 e. The van der Waals surface area contributed by atoms with E-state index < -0.39 is 16.0 Å². The van der Waals surface area contributed by atoms with E-state index in [2.05, 4.69) is 14.6 Å². The predicted molar refractivity (Wildman–Crippen MR) is 73.2 cm³/mol. The number of nitrogens with one attached hydrogen (secondary N) is 2. The maximum atomic E-state index is 12.0. The number of H-pyrrole nitrogens is 1. The molecule has 1 unspecified atom stereocenters. The molecule has 0 aromatic carbocycles. The summed E-state index contributed by atoms with van der Waals surface area (Å²) in [5.74, 6) is -1.19. The fraction of sp³-hybridized carbons (Fsp3) is 0.583. The number of hydrogen-bond donors (Lipinski definition) is 3. The van der Waals surface area contributed by atoms with E-state index in [1.165, 1.54) is 6.20 Å². The summed E-state index contributed by atoms with van der Waals surface area (Å²) in [4.78, 5) is 15.2. The Balaban J connectivity index is 1.97. The van der Waals surface area contributed by atoms with E-state index in [9.17, 15) is 13.2 Å². The molecule has 3 N–H and O–H groups in total. The molecule has 0 spiro atoms. The number of hydrogen-bond acceptors (Lipinski definition) is 4. The first-order chi connectivity index (χ1) is 9.31. The highest BCUT2D eigenvalue weighted by Gasteiger charge is 2.29. The van der Waals surface area contributed by atoms with Crippen molar-refractivity contribution in [3.8, 4) is 0 Å². The number of likely N-dealkylation sites (N-methyl/N-ethyl adjacent to an activating group) is 1. The third-order valence-electron chi connectivity index (χ3n) is 3.58. The van der Waals surface area contributed by atoms with Crippen LogP contribution in [0.5, 0.6) is 0 Å². The first-order valence-electron chi connectivity index (χ1n) is 6.44. The number of aromatic nitrogens is 1. The topological polar surface area (TPSA) is 102 Å². The first kappa shape index (κ1) is 15.0. The molecule has 112 valence electrons. The van der Waals surface area contributed by atoms with Gasteiger partial charge in [0, 0.05) is 24.8 Å². The van der Waals surface area contributed by atoms with Gasteiger partial charge in [-0.1, -0.05) is 0 Å². The lowest BCUT2D eigenvalue weighted by Crippen LogP contribution is -2.41. The summed E-state index contributed by atoms with van der Waals surface area (Å²) in [6.07, 6.45) is 3.50. The maximum absolute atomic E-state index is 12.0. The highest BCUT2D eigenvalue weighted by molar-refractivity contribution is 7.89. The Morgan fingerprint density at radius 2 is 2.25 bits per heavy atom. The van der Waals surface area contributed by atoms with Crippen LogP contribution in [0.3, 0.4) is 0 Å². The molecular weight excluding hydrogens is 282 g/mol. The van der Waals surface area contributed by atoms with Gasteiger partial charge in [-0.05, 0) is 32.9 Å². The number of aromatic carboxylic acids is 1. The Morgan fingerprint density at radius 1 is 1.60 bits per heavy atom. The minimum absolute atomic E-state index is 0.0591. The van der Waals surface area contributed by atoms with Crippen LogP contribution in [-0.2, 0) is 10.0 Å². The van der Waals surface area contributed by atoms with E-state index >= 15 is 0 Å². The first-order valence-corrected chi connectivity index (χ1v) is 7.93. The number of carboxylic acids is 1. The lowest BCUT2D eigenvalue weighted by Gasteiger charge is -2.24. The molecule has 1 aliphatic carbocycles. The molecule has 1 aromatic rings. The third-order valence-corrected chi connectivity index (χ3v) is 4.99. The zero-order chi connectivity index (χ0) is 14.9. The van der Waals surface area contributed by atoms with Gasteiger partial charge in [-0.15, -0.1) is 0 Å². The van der Waals surface area contributed by atoms with E-state index in [-0.39, 0.29) is 16.6 Å². The zero-order valence-electron chi connectivity index (χ0n) is 11.5. The van der Waals surface area contributed by atoms with Gasteiger partial charge >= 0.3 is 5.97 Å². The predicted octanol–water partition coefficient (Wildman–Crippen LogP) is 0.474. The van der Waals surface area contributed by atoms with Crippen LogP contribution in [0.4, 0.5) is 0 Å². The molecule has 0 bridgehead atoms. The molecular formula is C12H19N3O4S. The van der Waals surface area contributed by atoms with Gasteiger partial charge in [0.25, 0.3) is 0 Å². The summed E-state index contributed by atoms with van der Waals surface area (Å²) in [5, 5.41) is 8.77. The molecule has 1 heterocycles. The summed E-state index contributed by atoms with van der Waals surface area (Å²) in [5.41, 5.74) is -0.145. The molecule has 0 aliphatic heterocycles. The van der Waals surface area contributed by atoms with Crippen LogP contribution in [0.25, 0.3) is 0 Å². The average molecular weight is 301 g/mol. The molecule has 1 saturated carbocycles. The van der Waals surface area contributed by atoms with E-state index in [4.69, 9.17) is 5.11 Å². The van der Waals surface area contributed by atoms with E-state index in [1.54, 1.807) is 0 Å². The normalized spacial score (nSPS) is 17.4. The van der Waals surface area contributed by atoms with Crippen molar-refractivity contribution in [2.75, 3.05) is 13.6 Å². The molecule has 0 radical (unpaired) electrons. The lowest BCUT2D eigenvalue weighted by atomic mass is 10.3. The lowest BCUT2D eigenvalue weighted by molar-refractivity contribution is 0.0691. The molecule has 0 amide bonds. The van der Waals surface area contributed by atoms with Crippen molar-refractivity contribution in [1.82, 2.24) is 14.6 Å². The second kappa shape index (κ2) is 5.55. The van der Waals surface area contributed by atoms with Crippen molar-refractivity contribution in [2.24, 2.45) is 0 Å². The summed E-state index contributed by atoms with van der Waals surface area (Å²) >= 11 is 0. The number of nitrogens with zero attached hydrogens (tertiary/aromatic N) is 1. The second-order valence-corrected chi connectivity index (χ2v) is 6.92. The van der Waals surface area contributed by atoms with Crippen LogP contribution in [0, 0.1) is 0 Å². The van der Waals surface area contributed by atoms with Crippen LogP contribution in [0.1, 0.15) is 30.3 Å². The van der Waals surface area contributed by atoms with E-state index in [1.807, 2.05) is 14.0 Å². The van der Waals surface area contributed by atoms with E-state index in [0.29, 0.717) is 12.6 Å². The Hall–Kier alpha value is -1.38. The van der Waals surface area contributed by atoms with Crippen molar-refractivity contribution in [1.29, 1.82) is 0 Å². The SMILES string of the molecule is CC(CNS(=O)(=O)c1c[nH]c(C(=O)O)c1)N(C)C1CC1. The minimum atomic E-state index is -3.68. The van der Waals surface area contributed by atoms with Crippen molar-refractivity contribution in [3.05, 3.63) is 18.0 Å². The number of aromatic amines is 1.